The number of hydrogen-bond donors (Lipinski definition) is 1. The number of alkyl halides is 3. The highest BCUT2D eigenvalue weighted by molar-refractivity contribution is 7.89. The summed E-state index contributed by atoms with van der Waals surface area (Å²) in [4.78, 5) is 2.32. The number of methoxy groups -OCH3 is 1. The smallest absolute Gasteiger partial charge is 0.383 e. The van der Waals surface area contributed by atoms with Crippen LogP contribution in [0.1, 0.15) is 58.8 Å². The summed E-state index contributed by atoms with van der Waals surface area (Å²) >= 11 is 0. The van der Waals surface area contributed by atoms with E-state index in [1.54, 1.807) is 13.2 Å². The van der Waals surface area contributed by atoms with Gasteiger partial charge < -0.3 is 4.74 Å². The van der Waals surface area contributed by atoms with E-state index in [2.05, 4.69) is 24.2 Å². The Bertz CT molecular complexity index is 1000. The van der Waals surface area contributed by atoms with Gasteiger partial charge in [-0.1, -0.05) is 38.8 Å². The minimum Gasteiger partial charge on any atom is -0.383 e. The Hall–Kier alpha value is -0.720. The fourth-order valence-electron chi connectivity index (χ4n) is 8.96. The molecule has 40 heavy (non-hydrogen) atoms. The Balaban J connectivity index is 1.32. The molecule has 0 amide bonds. The fourth-order valence-corrected chi connectivity index (χ4v) is 11.0. The molecule has 4 fully saturated rings. The van der Waals surface area contributed by atoms with E-state index in [4.69, 9.17) is 4.74 Å². The zero-order chi connectivity index (χ0) is 28.8. The average molecular weight is 591 g/mol. The van der Waals surface area contributed by atoms with Crippen molar-refractivity contribution in [3.8, 4) is 0 Å². The lowest BCUT2D eigenvalue weighted by Gasteiger charge is -2.60. The van der Waals surface area contributed by atoms with Gasteiger partial charge in [-0.25, -0.2) is 18.9 Å². The fraction of sp³-hybridized carbons (Fsp3) is 0.931. The molecule has 7 nitrogen and oxygen atoms in total. The first kappa shape index (κ1) is 30.7. The van der Waals surface area contributed by atoms with Gasteiger partial charge in [0.05, 0.1) is 6.61 Å². The molecule has 0 spiro atoms. The first-order valence-electron chi connectivity index (χ1n) is 15.4. The molecule has 0 radical (unpaired) electrons. The molecule has 2 saturated carbocycles. The quantitative estimate of drug-likeness (QED) is 0.470. The van der Waals surface area contributed by atoms with Gasteiger partial charge in [0, 0.05) is 52.4 Å². The maximum absolute atomic E-state index is 13.8. The van der Waals surface area contributed by atoms with Crippen LogP contribution in [0.2, 0.25) is 0 Å². The first-order chi connectivity index (χ1) is 18.9. The van der Waals surface area contributed by atoms with Crippen LogP contribution in [0, 0.1) is 35.5 Å². The number of hydrogen-bond acceptors (Lipinski definition) is 6. The summed E-state index contributed by atoms with van der Waals surface area (Å²) in [6.07, 6.45) is 7.88. The minimum absolute atomic E-state index is 0.00789. The van der Waals surface area contributed by atoms with Crippen molar-refractivity contribution in [1.82, 2.24) is 19.6 Å². The number of hydrazine groups is 1. The summed E-state index contributed by atoms with van der Waals surface area (Å²) in [6.45, 7) is 6.31. The Morgan fingerprint density at radius 2 is 1.65 bits per heavy atom. The predicted molar refractivity (Wildman–Crippen MR) is 150 cm³/mol. The molecule has 8 atom stereocenters. The van der Waals surface area contributed by atoms with E-state index in [9.17, 15) is 21.6 Å². The van der Waals surface area contributed by atoms with Crippen molar-refractivity contribution < 1.29 is 26.3 Å². The van der Waals surface area contributed by atoms with Crippen molar-refractivity contribution in [2.75, 3.05) is 46.9 Å². The summed E-state index contributed by atoms with van der Waals surface area (Å²) in [5.41, 5.74) is 2.33. The monoisotopic (exact) mass is 590 g/mol. The molecule has 11 heteroatoms. The number of rotatable bonds is 6. The highest BCUT2D eigenvalue weighted by atomic mass is 32.2. The lowest BCUT2D eigenvalue weighted by atomic mass is 9.60. The third kappa shape index (κ3) is 5.89. The van der Waals surface area contributed by atoms with Crippen LogP contribution in [0.5, 0.6) is 0 Å². The van der Waals surface area contributed by atoms with E-state index in [-0.39, 0.29) is 37.6 Å². The van der Waals surface area contributed by atoms with Crippen molar-refractivity contribution >= 4 is 10.0 Å². The van der Waals surface area contributed by atoms with Crippen molar-refractivity contribution in [3.05, 3.63) is 12.2 Å². The van der Waals surface area contributed by atoms with E-state index >= 15 is 0 Å². The molecular weight excluding hydrogens is 541 g/mol. The molecule has 3 aliphatic heterocycles. The van der Waals surface area contributed by atoms with Gasteiger partial charge in [0.25, 0.3) is 0 Å². The normalized spacial score (nSPS) is 43.5. The third-order valence-electron chi connectivity index (χ3n) is 11.3. The topological polar surface area (TPSA) is 65.1 Å². The van der Waals surface area contributed by atoms with Gasteiger partial charge in [0.2, 0.25) is 10.0 Å². The highest BCUT2D eigenvalue weighted by Crippen LogP contribution is 2.50. The molecule has 2 saturated heterocycles. The van der Waals surface area contributed by atoms with Gasteiger partial charge in [-0.05, 0) is 67.6 Å². The maximum Gasteiger partial charge on any atom is 0.406 e. The number of sulfonamides is 1. The van der Waals surface area contributed by atoms with Gasteiger partial charge in [0.1, 0.15) is 11.3 Å². The molecule has 0 aromatic heterocycles. The number of ether oxygens (including phenoxy) is 1. The molecule has 0 aromatic carbocycles. The van der Waals surface area contributed by atoms with Crippen LogP contribution >= 0.6 is 0 Å². The number of fused-ring (bicyclic) bond motifs is 1. The lowest BCUT2D eigenvalue weighted by Crippen LogP contribution is -2.71. The van der Waals surface area contributed by atoms with E-state index in [0.717, 1.165) is 43.1 Å². The Morgan fingerprint density at radius 3 is 2.33 bits per heavy atom. The molecule has 6 unspecified atom stereocenters. The van der Waals surface area contributed by atoms with Gasteiger partial charge in [-0.15, -0.1) is 0 Å². The van der Waals surface area contributed by atoms with Crippen LogP contribution in [0.15, 0.2) is 12.2 Å². The van der Waals surface area contributed by atoms with Gasteiger partial charge in [0.15, 0.2) is 0 Å². The highest BCUT2D eigenvalue weighted by Gasteiger charge is 2.57. The second kappa shape index (κ2) is 12.1. The van der Waals surface area contributed by atoms with E-state index in [1.165, 1.54) is 48.5 Å². The molecule has 5 rings (SSSR count). The average Bonchev–Trinajstić information content (AvgIpc) is 3.30. The number of halogens is 3. The molecule has 2 aliphatic carbocycles. The Labute approximate surface area is 238 Å². The first-order valence-corrected chi connectivity index (χ1v) is 16.9. The molecule has 0 bridgehead atoms. The third-order valence-corrected chi connectivity index (χ3v) is 13.5. The second-order valence-corrected chi connectivity index (χ2v) is 15.5. The molecule has 0 aromatic rings. The Kier molecular flexibility index (Phi) is 9.30. The molecule has 230 valence electrons. The number of nitrogens with one attached hydrogen (secondary N) is 1. The summed E-state index contributed by atoms with van der Waals surface area (Å²) in [7, 11) is -1.03. The minimum atomic E-state index is -4.65. The van der Waals surface area contributed by atoms with Crippen LogP contribution in [0.3, 0.4) is 0 Å². The van der Waals surface area contributed by atoms with Crippen LogP contribution in [0.4, 0.5) is 13.2 Å². The van der Waals surface area contributed by atoms with Crippen molar-refractivity contribution in [3.63, 3.8) is 0 Å². The van der Waals surface area contributed by atoms with Gasteiger partial charge in [-0.2, -0.15) is 17.5 Å². The summed E-state index contributed by atoms with van der Waals surface area (Å²) in [6, 6.07) is -1.90. The van der Waals surface area contributed by atoms with Crippen LogP contribution in [0.25, 0.3) is 0 Å². The van der Waals surface area contributed by atoms with Crippen molar-refractivity contribution in [1.29, 1.82) is 0 Å². The summed E-state index contributed by atoms with van der Waals surface area (Å²) in [5.74, 6) is 3.93. The van der Waals surface area contributed by atoms with E-state index < -0.39 is 27.5 Å². The Morgan fingerprint density at radius 1 is 0.975 bits per heavy atom. The molecule has 1 N–H and O–H groups in total. The summed E-state index contributed by atoms with van der Waals surface area (Å²) in [5, 5.41) is -0.318. The number of nitrogens with zero attached hydrogens (tertiary/aromatic N) is 3. The zero-order valence-corrected chi connectivity index (χ0v) is 25.3. The molecule has 5 aliphatic rings. The van der Waals surface area contributed by atoms with Crippen LogP contribution in [-0.2, 0) is 14.8 Å². The largest absolute Gasteiger partial charge is 0.406 e. The second-order valence-electron chi connectivity index (χ2n) is 13.4. The SMILES string of the molecule is COC[C@@H]1[C@@H](C2CCC(C3CCCC(C)C3C)CC2)C2CN(S(=O)(=O)C3CN(C)NC3C(F)(F)F)C/C=C\CN21. The summed E-state index contributed by atoms with van der Waals surface area (Å²) < 4.78 is 76.0. The standard InChI is InChI=1S/C29H49F3N4O3S/c1-19-8-7-9-23(20(19)2)21-10-12-22(13-11-21)27-24-16-35(14-5-6-15-36(24)25(27)18-39-4)40(37,38)26-17-34(3)33-28(26)29(30,31)32/h5-6,19-28,33H,7-18H2,1-4H3/b6-5-/t19?,20?,21?,22?,23?,24?,25-,26?,27+,28?/m1/s1. The molecule has 3 heterocycles. The van der Waals surface area contributed by atoms with Crippen molar-refractivity contribution in [2.45, 2.75) is 88.3 Å². The van der Waals surface area contributed by atoms with Crippen LogP contribution in [-0.4, -0.2) is 99.1 Å². The lowest BCUT2D eigenvalue weighted by molar-refractivity contribution is -0.155. The maximum atomic E-state index is 13.8. The van der Waals surface area contributed by atoms with E-state index in [1.807, 2.05) is 6.08 Å². The van der Waals surface area contributed by atoms with E-state index in [0.29, 0.717) is 12.5 Å². The molecular formula is C29H49F3N4O3S. The van der Waals surface area contributed by atoms with Crippen molar-refractivity contribution in [2.24, 2.45) is 35.5 Å². The van der Waals surface area contributed by atoms with Gasteiger partial charge >= 0.3 is 6.18 Å². The predicted octanol–water partition coefficient (Wildman–Crippen LogP) is 4.13. The zero-order valence-electron chi connectivity index (χ0n) is 24.5. The van der Waals surface area contributed by atoms with Gasteiger partial charge in [-0.3, -0.25) is 4.90 Å². The van der Waals surface area contributed by atoms with Crippen LogP contribution < -0.4 is 5.43 Å².